The van der Waals surface area contributed by atoms with E-state index in [1.807, 2.05) is 10.8 Å². The molecule has 1 heterocycles. The smallest absolute Gasteiger partial charge is 0.355 e. The molecule has 0 saturated heterocycles. The fourth-order valence-electron chi connectivity index (χ4n) is 2.12. The van der Waals surface area contributed by atoms with Crippen LogP contribution in [0.4, 0.5) is 5.69 Å². The average molecular weight is 234 g/mol. The second-order valence-electron chi connectivity index (χ2n) is 5.17. The van der Waals surface area contributed by atoms with Crippen molar-refractivity contribution in [2.45, 2.75) is 38.1 Å². The fraction of sp³-hybridized carbons (Fsp3) is 0.615. The van der Waals surface area contributed by atoms with E-state index in [1.54, 1.807) is 6.07 Å². The maximum absolute atomic E-state index is 11.9. The zero-order valence-corrected chi connectivity index (χ0v) is 9.89. The van der Waals surface area contributed by atoms with Gasteiger partial charge < -0.3 is 15.0 Å². The van der Waals surface area contributed by atoms with Gasteiger partial charge in [0.1, 0.15) is 5.69 Å². The first-order valence-electron chi connectivity index (χ1n) is 6.38. The number of carbonyl (C=O) groups excluding carboxylic acids is 1. The number of anilines is 1. The molecule has 2 aliphatic rings. The highest BCUT2D eigenvalue weighted by Gasteiger charge is 2.28. The van der Waals surface area contributed by atoms with Gasteiger partial charge in [-0.05, 0) is 31.2 Å². The van der Waals surface area contributed by atoms with Gasteiger partial charge in [0.05, 0.1) is 12.3 Å². The highest BCUT2D eigenvalue weighted by Crippen LogP contribution is 2.37. The van der Waals surface area contributed by atoms with E-state index in [-0.39, 0.29) is 5.97 Å². The van der Waals surface area contributed by atoms with Crippen molar-refractivity contribution in [1.82, 2.24) is 4.57 Å². The summed E-state index contributed by atoms with van der Waals surface area (Å²) in [6, 6.07) is 2.18. The first-order chi connectivity index (χ1) is 8.24. The molecule has 0 radical (unpaired) electrons. The predicted octanol–water partition coefficient (Wildman–Crippen LogP) is 2.36. The molecule has 0 amide bonds. The molecule has 2 saturated carbocycles. The van der Waals surface area contributed by atoms with E-state index in [0.717, 1.165) is 25.2 Å². The van der Waals surface area contributed by atoms with Crippen molar-refractivity contribution in [3.05, 3.63) is 18.0 Å². The summed E-state index contributed by atoms with van der Waals surface area (Å²) in [5.74, 6) is 0.567. The topological polar surface area (TPSA) is 57.3 Å². The van der Waals surface area contributed by atoms with Gasteiger partial charge in [-0.2, -0.15) is 0 Å². The van der Waals surface area contributed by atoms with Gasteiger partial charge in [-0.1, -0.05) is 12.8 Å². The van der Waals surface area contributed by atoms with Gasteiger partial charge >= 0.3 is 5.97 Å². The van der Waals surface area contributed by atoms with E-state index in [9.17, 15) is 4.79 Å². The summed E-state index contributed by atoms with van der Waals surface area (Å²) in [5.41, 5.74) is 7.00. The Balaban J connectivity index is 1.62. The summed E-state index contributed by atoms with van der Waals surface area (Å²) in [6.07, 6.45) is 7.71. The molecule has 4 nitrogen and oxygen atoms in total. The van der Waals surface area contributed by atoms with Crippen molar-refractivity contribution in [3.63, 3.8) is 0 Å². The van der Waals surface area contributed by atoms with E-state index in [0.29, 0.717) is 24.0 Å². The van der Waals surface area contributed by atoms with Crippen molar-refractivity contribution in [1.29, 1.82) is 0 Å². The number of ether oxygens (including phenoxy) is 1. The Morgan fingerprint density at radius 3 is 2.82 bits per heavy atom. The summed E-state index contributed by atoms with van der Waals surface area (Å²) in [5, 5.41) is 0. The Morgan fingerprint density at radius 1 is 1.41 bits per heavy atom. The second kappa shape index (κ2) is 4.09. The molecule has 1 aromatic heterocycles. The summed E-state index contributed by atoms with van der Waals surface area (Å²) in [7, 11) is 0. The molecular weight excluding hydrogens is 216 g/mol. The molecule has 2 aliphatic carbocycles. The highest BCUT2D eigenvalue weighted by atomic mass is 16.5. The zero-order chi connectivity index (χ0) is 11.8. The number of aromatic nitrogens is 1. The van der Waals surface area contributed by atoms with Crippen molar-refractivity contribution < 1.29 is 9.53 Å². The zero-order valence-electron chi connectivity index (χ0n) is 9.89. The van der Waals surface area contributed by atoms with Crippen LogP contribution in [0.1, 0.15) is 48.6 Å². The molecule has 1 aromatic rings. The van der Waals surface area contributed by atoms with Crippen LogP contribution in [0.5, 0.6) is 0 Å². The molecule has 0 bridgehead atoms. The first kappa shape index (κ1) is 10.7. The van der Waals surface area contributed by atoms with Gasteiger partial charge in [-0.3, -0.25) is 0 Å². The second-order valence-corrected chi connectivity index (χ2v) is 5.17. The molecular formula is C13H18N2O2. The molecule has 3 rings (SSSR count). The van der Waals surface area contributed by atoms with E-state index < -0.39 is 0 Å². The molecule has 0 unspecified atom stereocenters. The van der Waals surface area contributed by atoms with Crippen LogP contribution in [0.25, 0.3) is 0 Å². The van der Waals surface area contributed by atoms with Crippen molar-refractivity contribution in [3.8, 4) is 0 Å². The Kier molecular flexibility index (Phi) is 2.57. The van der Waals surface area contributed by atoms with Gasteiger partial charge in [0.2, 0.25) is 0 Å². The quantitative estimate of drug-likeness (QED) is 0.796. The normalized spacial score (nSPS) is 19.3. The van der Waals surface area contributed by atoms with Gasteiger partial charge in [-0.15, -0.1) is 0 Å². The molecule has 2 fully saturated rings. The van der Waals surface area contributed by atoms with E-state index >= 15 is 0 Å². The number of nitrogens with zero attached hydrogens (tertiary/aromatic N) is 1. The maximum Gasteiger partial charge on any atom is 0.355 e. The maximum atomic E-state index is 11.9. The molecule has 92 valence electrons. The van der Waals surface area contributed by atoms with Gasteiger partial charge in [0, 0.05) is 12.2 Å². The van der Waals surface area contributed by atoms with E-state index in [4.69, 9.17) is 10.5 Å². The predicted molar refractivity (Wildman–Crippen MR) is 64.7 cm³/mol. The van der Waals surface area contributed by atoms with Crippen LogP contribution in [0.2, 0.25) is 0 Å². The van der Waals surface area contributed by atoms with Crippen molar-refractivity contribution in [2.24, 2.45) is 5.92 Å². The number of rotatable bonds is 5. The number of nitrogens with two attached hydrogens (primary N) is 1. The van der Waals surface area contributed by atoms with Crippen LogP contribution in [-0.2, 0) is 4.74 Å². The molecule has 17 heavy (non-hydrogen) atoms. The Morgan fingerprint density at radius 2 is 2.18 bits per heavy atom. The lowest BCUT2D eigenvalue weighted by atomic mass is 10.3. The number of nitrogen functional groups attached to an aromatic ring is 1. The van der Waals surface area contributed by atoms with Crippen molar-refractivity contribution in [2.75, 3.05) is 12.3 Å². The van der Waals surface area contributed by atoms with Crippen LogP contribution in [0.3, 0.4) is 0 Å². The lowest BCUT2D eigenvalue weighted by Gasteiger charge is -2.07. The number of hydrogen-bond acceptors (Lipinski definition) is 3. The average Bonchev–Trinajstić information content (AvgIpc) is 3.18. The molecule has 0 aromatic carbocycles. The van der Waals surface area contributed by atoms with Crippen LogP contribution < -0.4 is 5.73 Å². The lowest BCUT2D eigenvalue weighted by molar-refractivity contribution is 0.0482. The van der Waals surface area contributed by atoms with E-state index in [1.165, 1.54) is 12.8 Å². The van der Waals surface area contributed by atoms with Crippen LogP contribution in [0.15, 0.2) is 12.3 Å². The Hall–Kier alpha value is -1.45. The summed E-state index contributed by atoms with van der Waals surface area (Å²) >= 11 is 0. The first-order valence-corrected chi connectivity index (χ1v) is 6.38. The van der Waals surface area contributed by atoms with Crippen LogP contribution in [0, 0.1) is 5.92 Å². The lowest BCUT2D eigenvalue weighted by Crippen LogP contribution is -2.12. The van der Waals surface area contributed by atoms with Gasteiger partial charge in [0.25, 0.3) is 0 Å². The van der Waals surface area contributed by atoms with Crippen LogP contribution in [-0.4, -0.2) is 17.1 Å². The Bertz CT molecular complexity index is 431. The largest absolute Gasteiger partial charge is 0.461 e. The standard InChI is InChI=1S/C13H18N2O2/c14-10-7-12(15(8-10)11-3-4-11)13(16)17-6-5-9-1-2-9/h7-9,11H,1-6,14H2. The number of carbonyl (C=O) groups is 1. The molecule has 0 spiro atoms. The minimum Gasteiger partial charge on any atom is -0.461 e. The SMILES string of the molecule is Nc1cc(C(=O)OCCC2CC2)n(C2CC2)c1. The Labute approximate surface area is 101 Å². The third-order valence-corrected chi connectivity index (χ3v) is 3.48. The molecule has 0 aliphatic heterocycles. The molecule has 2 N–H and O–H groups in total. The third kappa shape index (κ3) is 2.46. The minimum atomic E-state index is -0.228. The highest BCUT2D eigenvalue weighted by molar-refractivity contribution is 5.89. The summed E-state index contributed by atoms with van der Waals surface area (Å²) < 4.78 is 7.26. The van der Waals surface area contributed by atoms with Gasteiger partial charge in [0.15, 0.2) is 0 Å². The van der Waals surface area contributed by atoms with Crippen molar-refractivity contribution >= 4 is 11.7 Å². The third-order valence-electron chi connectivity index (χ3n) is 3.48. The summed E-state index contributed by atoms with van der Waals surface area (Å²) in [6.45, 7) is 0.541. The van der Waals surface area contributed by atoms with E-state index in [2.05, 4.69) is 0 Å². The monoisotopic (exact) mass is 234 g/mol. The number of hydrogen-bond donors (Lipinski definition) is 1. The number of esters is 1. The molecule has 0 atom stereocenters. The minimum absolute atomic E-state index is 0.228. The molecule has 4 heteroatoms. The van der Waals surface area contributed by atoms with Gasteiger partial charge in [-0.25, -0.2) is 4.79 Å². The van der Waals surface area contributed by atoms with Crippen LogP contribution >= 0.6 is 0 Å². The summed E-state index contributed by atoms with van der Waals surface area (Å²) in [4.78, 5) is 11.9. The fourth-order valence-corrected chi connectivity index (χ4v) is 2.12.